The number of nitrogens with one attached hydrogen (secondary N) is 2. The van der Waals surface area contributed by atoms with Gasteiger partial charge in [0.2, 0.25) is 5.91 Å². The Hall–Kier alpha value is -2.32. The molecule has 3 aliphatic rings. The molecule has 2 aromatic rings. The third-order valence-electron chi connectivity index (χ3n) is 6.43. The fourth-order valence-corrected chi connectivity index (χ4v) is 5.00. The SMILES string of the molecule is CC(C)(C)OC(=O)N1C[C@@H]2[C@H](C1)[C@H]2C(=O)NC1(c2nc3ccc(Cl)cc3[nH]2)CCOC1. The average molecular weight is 447 g/mol. The van der Waals surface area contributed by atoms with E-state index in [2.05, 4.69) is 10.3 Å². The molecule has 2 amide bonds. The number of H-pyrrole nitrogens is 1. The Balaban J connectivity index is 1.27. The van der Waals surface area contributed by atoms with Crippen LogP contribution in [-0.2, 0) is 19.8 Å². The molecule has 166 valence electrons. The number of halogens is 1. The number of likely N-dealkylation sites (tertiary alicyclic amines) is 1. The molecule has 0 bridgehead atoms. The molecule has 2 aliphatic heterocycles. The molecule has 0 spiro atoms. The van der Waals surface area contributed by atoms with Crippen LogP contribution in [-0.4, -0.2) is 58.8 Å². The minimum atomic E-state index is -0.676. The second kappa shape index (κ2) is 7.10. The van der Waals surface area contributed by atoms with Crippen molar-refractivity contribution in [2.45, 2.75) is 38.3 Å². The molecule has 31 heavy (non-hydrogen) atoms. The number of fused-ring (bicyclic) bond motifs is 2. The third kappa shape index (κ3) is 3.76. The minimum Gasteiger partial charge on any atom is -0.444 e. The monoisotopic (exact) mass is 446 g/mol. The number of aromatic nitrogens is 2. The maximum Gasteiger partial charge on any atom is 0.410 e. The molecule has 8 nitrogen and oxygen atoms in total. The lowest BCUT2D eigenvalue weighted by Crippen LogP contribution is -2.49. The maximum absolute atomic E-state index is 13.2. The molecule has 1 aromatic carbocycles. The van der Waals surface area contributed by atoms with Gasteiger partial charge in [-0.25, -0.2) is 9.78 Å². The van der Waals surface area contributed by atoms with Crippen LogP contribution in [0.4, 0.5) is 4.79 Å². The predicted molar refractivity (Wildman–Crippen MR) is 115 cm³/mol. The fraction of sp³-hybridized carbons (Fsp3) is 0.591. The lowest BCUT2D eigenvalue weighted by molar-refractivity contribution is -0.125. The quantitative estimate of drug-likeness (QED) is 0.755. The van der Waals surface area contributed by atoms with Gasteiger partial charge in [-0.3, -0.25) is 4.79 Å². The van der Waals surface area contributed by atoms with E-state index in [0.717, 1.165) is 11.0 Å². The number of carbonyl (C=O) groups is 2. The topological polar surface area (TPSA) is 96.5 Å². The third-order valence-corrected chi connectivity index (χ3v) is 6.66. The van der Waals surface area contributed by atoms with Gasteiger partial charge in [-0.2, -0.15) is 0 Å². The highest BCUT2D eigenvalue weighted by molar-refractivity contribution is 6.31. The van der Waals surface area contributed by atoms with E-state index in [1.54, 1.807) is 11.0 Å². The van der Waals surface area contributed by atoms with Gasteiger partial charge in [0.25, 0.3) is 0 Å². The smallest absolute Gasteiger partial charge is 0.410 e. The Morgan fingerprint density at radius 3 is 2.71 bits per heavy atom. The molecule has 1 saturated carbocycles. The predicted octanol–water partition coefficient (Wildman–Crippen LogP) is 3.06. The zero-order valence-corrected chi connectivity index (χ0v) is 18.7. The van der Waals surface area contributed by atoms with Crippen molar-refractivity contribution in [2.24, 2.45) is 17.8 Å². The molecule has 9 heteroatoms. The van der Waals surface area contributed by atoms with Crippen molar-refractivity contribution in [3.63, 3.8) is 0 Å². The van der Waals surface area contributed by atoms with Crippen LogP contribution < -0.4 is 5.32 Å². The van der Waals surface area contributed by atoms with Gasteiger partial charge in [0.15, 0.2) is 0 Å². The van der Waals surface area contributed by atoms with Crippen molar-refractivity contribution >= 4 is 34.6 Å². The molecular formula is C22H27ClN4O4. The first-order chi connectivity index (χ1) is 14.7. The Morgan fingerprint density at radius 1 is 1.32 bits per heavy atom. The summed E-state index contributed by atoms with van der Waals surface area (Å²) in [7, 11) is 0. The minimum absolute atomic E-state index is 0.00262. The molecular weight excluding hydrogens is 420 g/mol. The molecule has 0 radical (unpaired) electrons. The number of carbonyl (C=O) groups excluding carboxylic acids is 2. The van der Waals surface area contributed by atoms with Gasteiger partial charge in [0.05, 0.1) is 17.6 Å². The Labute approximate surface area is 185 Å². The fourth-order valence-electron chi connectivity index (χ4n) is 4.83. The highest BCUT2D eigenvalue weighted by atomic mass is 35.5. The van der Waals surface area contributed by atoms with E-state index < -0.39 is 11.1 Å². The first-order valence-electron chi connectivity index (χ1n) is 10.7. The normalized spacial score (nSPS) is 29.8. The van der Waals surface area contributed by atoms with Crippen molar-refractivity contribution in [2.75, 3.05) is 26.3 Å². The number of ether oxygens (including phenoxy) is 2. The average Bonchev–Trinajstić information content (AvgIpc) is 3.11. The Morgan fingerprint density at radius 2 is 2.06 bits per heavy atom. The summed E-state index contributed by atoms with van der Waals surface area (Å²) in [6.07, 6.45) is 0.346. The molecule has 3 fully saturated rings. The number of hydrogen-bond acceptors (Lipinski definition) is 5. The zero-order valence-electron chi connectivity index (χ0n) is 17.9. The number of aromatic amines is 1. The number of benzene rings is 1. The first-order valence-corrected chi connectivity index (χ1v) is 11.1. The van der Waals surface area contributed by atoms with Crippen LogP contribution in [0.2, 0.25) is 5.02 Å². The second-order valence-corrected chi connectivity index (χ2v) is 10.3. The summed E-state index contributed by atoms with van der Waals surface area (Å²) < 4.78 is 11.1. The lowest BCUT2D eigenvalue weighted by Gasteiger charge is -2.28. The number of nitrogens with zero attached hydrogens (tertiary/aromatic N) is 2. The Bertz CT molecular complexity index is 1030. The summed E-state index contributed by atoms with van der Waals surface area (Å²) >= 11 is 6.10. The van der Waals surface area contributed by atoms with E-state index in [0.29, 0.717) is 43.6 Å². The molecule has 1 aromatic heterocycles. The van der Waals surface area contributed by atoms with Crippen molar-refractivity contribution in [1.29, 1.82) is 0 Å². The number of amides is 2. The summed E-state index contributed by atoms with van der Waals surface area (Å²) in [5.74, 6) is 0.970. The van der Waals surface area contributed by atoms with E-state index in [1.807, 2.05) is 32.9 Å². The van der Waals surface area contributed by atoms with Crippen LogP contribution in [0.5, 0.6) is 0 Å². The van der Waals surface area contributed by atoms with Crippen molar-refractivity contribution in [3.05, 3.63) is 29.0 Å². The zero-order chi connectivity index (χ0) is 22.0. The van der Waals surface area contributed by atoms with Gasteiger partial charge in [0, 0.05) is 37.1 Å². The summed E-state index contributed by atoms with van der Waals surface area (Å²) in [6.45, 7) is 7.61. The molecule has 1 unspecified atom stereocenters. The largest absolute Gasteiger partial charge is 0.444 e. The molecule has 4 atom stereocenters. The van der Waals surface area contributed by atoms with Crippen LogP contribution in [0.25, 0.3) is 11.0 Å². The summed E-state index contributed by atoms with van der Waals surface area (Å²) in [5.41, 5.74) is 0.437. The second-order valence-electron chi connectivity index (χ2n) is 9.86. The van der Waals surface area contributed by atoms with Crippen LogP contribution in [0.1, 0.15) is 33.0 Å². The summed E-state index contributed by atoms with van der Waals surface area (Å²) in [4.78, 5) is 35.2. The molecule has 2 N–H and O–H groups in total. The number of imidazole rings is 1. The molecule has 1 aliphatic carbocycles. The van der Waals surface area contributed by atoms with E-state index in [4.69, 9.17) is 26.1 Å². The molecule has 3 heterocycles. The highest BCUT2D eigenvalue weighted by Gasteiger charge is 2.61. The van der Waals surface area contributed by atoms with Crippen molar-refractivity contribution in [3.8, 4) is 0 Å². The van der Waals surface area contributed by atoms with Gasteiger partial charge in [-0.15, -0.1) is 0 Å². The van der Waals surface area contributed by atoms with Gasteiger partial charge in [0.1, 0.15) is 17.0 Å². The van der Waals surface area contributed by atoms with E-state index in [-0.39, 0.29) is 29.8 Å². The lowest BCUT2D eigenvalue weighted by atomic mass is 9.97. The molecule has 5 rings (SSSR count). The van der Waals surface area contributed by atoms with Gasteiger partial charge in [-0.1, -0.05) is 11.6 Å². The number of hydrogen-bond donors (Lipinski definition) is 2. The standard InChI is InChI=1S/C22H27ClN4O4/c1-21(2,3)31-20(29)27-9-13-14(10-27)17(13)18(28)26-22(6-7-30-11-22)19-24-15-5-4-12(23)8-16(15)25-19/h4-5,8,13-14,17H,6-7,9-11H2,1-3H3,(H,24,25)(H,26,28)/t13-,14+,17+,22?. The van der Waals surface area contributed by atoms with Crippen molar-refractivity contribution in [1.82, 2.24) is 20.2 Å². The van der Waals surface area contributed by atoms with E-state index in [9.17, 15) is 9.59 Å². The number of piperidine rings is 1. The van der Waals surface area contributed by atoms with Gasteiger partial charge in [-0.05, 0) is 50.8 Å². The first kappa shape index (κ1) is 20.6. The van der Waals surface area contributed by atoms with Crippen LogP contribution in [0.15, 0.2) is 18.2 Å². The van der Waals surface area contributed by atoms with Gasteiger partial charge < -0.3 is 24.7 Å². The van der Waals surface area contributed by atoms with E-state index >= 15 is 0 Å². The maximum atomic E-state index is 13.2. The van der Waals surface area contributed by atoms with Crippen LogP contribution >= 0.6 is 11.6 Å². The highest BCUT2D eigenvalue weighted by Crippen LogP contribution is 2.52. The Kier molecular flexibility index (Phi) is 4.71. The van der Waals surface area contributed by atoms with Crippen LogP contribution in [0, 0.1) is 17.8 Å². The summed E-state index contributed by atoms with van der Waals surface area (Å²) in [5, 5.41) is 3.86. The van der Waals surface area contributed by atoms with Crippen LogP contribution in [0.3, 0.4) is 0 Å². The number of rotatable bonds is 3. The molecule has 2 saturated heterocycles. The van der Waals surface area contributed by atoms with Gasteiger partial charge >= 0.3 is 6.09 Å². The summed E-state index contributed by atoms with van der Waals surface area (Å²) in [6, 6.07) is 5.49. The van der Waals surface area contributed by atoms with Crippen molar-refractivity contribution < 1.29 is 19.1 Å². The van der Waals surface area contributed by atoms with E-state index in [1.165, 1.54) is 0 Å².